The molecule has 0 unspecified atom stereocenters. The monoisotopic (exact) mass is 273 g/mol. The molecule has 3 nitrogen and oxygen atoms in total. The Morgan fingerprint density at radius 1 is 1.00 bits per heavy atom. The number of thioether (sulfide) groups is 1. The van der Waals surface area contributed by atoms with Crippen molar-refractivity contribution >= 4 is 17.9 Å². The summed E-state index contributed by atoms with van der Waals surface area (Å²) in [6, 6.07) is 19.1. The molecule has 19 heavy (non-hydrogen) atoms. The third kappa shape index (κ3) is 5.06. The van der Waals surface area contributed by atoms with Crippen LogP contribution in [0.15, 0.2) is 65.6 Å². The van der Waals surface area contributed by atoms with Gasteiger partial charge in [-0.1, -0.05) is 36.4 Å². The molecule has 0 bridgehead atoms. The van der Waals surface area contributed by atoms with E-state index in [0.717, 1.165) is 5.75 Å². The Balaban J connectivity index is 1.65. The van der Waals surface area contributed by atoms with Crippen molar-refractivity contribution in [3.05, 3.63) is 60.7 Å². The molecule has 0 saturated heterocycles. The van der Waals surface area contributed by atoms with Crippen LogP contribution in [0.5, 0.6) is 5.75 Å². The molecule has 0 spiro atoms. The number of ether oxygens (including phenoxy) is 1. The quantitative estimate of drug-likeness (QED) is 0.668. The summed E-state index contributed by atoms with van der Waals surface area (Å²) in [6.07, 6.45) is -0.417. The van der Waals surface area contributed by atoms with Crippen LogP contribution in [0.2, 0.25) is 0 Å². The van der Waals surface area contributed by atoms with E-state index in [0.29, 0.717) is 12.3 Å². The van der Waals surface area contributed by atoms with Crippen LogP contribution in [-0.2, 0) is 0 Å². The first-order chi connectivity index (χ1) is 9.34. The van der Waals surface area contributed by atoms with Crippen molar-refractivity contribution in [3.63, 3.8) is 0 Å². The summed E-state index contributed by atoms with van der Waals surface area (Å²) in [7, 11) is 0. The lowest BCUT2D eigenvalue weighted by Gasteiger charge is -2.06. The van der Waals surface area contributed by atoms with E-state index in [2.05, 4.69) is 5.32 Å². The molecule has 4 heteroatoms. The molecule has 0 saturated carbocycles. The maximum Gasteiger partial charge on any atom is 0.412 e. The van der Waals surface area contributed by atoms with Crippen LogP contribution in [0.1, 0.15) is 0 Å². The van der Waals surface area contributed by atoms with Crippen LogP contribution in [0.4, 0.5) is 4.79 Å². The van der Waals surface area contributed by atoms with Crippen LogP contribution >= 0.6 is 11.8 Å². The maximum absolute atomic E-state index is 11.5. The van der Waals surface area contributed by atoms with Gasteiger partial charge in [-0.15, -0.1) is 11.8 Å². The van der Waals surface area contributed by atoms with E-state index in [-0.39, 0.29) is 0 Å². The maximum atomic E-state index is 11.5. The average Bonchev–Trinajstić information content (AvgIpc) is 2.46. The fourth-order valence-corrected chi connectivity index (χ4v) is 2.26. The van der Waals surface area contributed by atoms with E-state index >= 15 is 0 Å². The minimum Gasteiger partial charge on any atom is -0.410 e. The predicted octanol–water partition coefficient (Wildman–Crippen LogP) is 3.57. The number of nitrogens with one attached hydrogen (secondary N) is 1. The lowest BCUT2D eigenvalue weighted by atomic mass is 10.3. The molecule has 2 aromatic carbocycles. The Morgan fingerprint density at radius 3 is 2.32 bits per heavy atom. The largest absolute Gasteiger partial charge is 0.412 e. The third-order valence-corrected chi connectivity index (χ3v) is 3.35. The SMILES string of the molecule is O=C(NCCSc1ccccc1)Oc1ccccc1. The Morgan fingerprint density at radius 2 is 1.63 bits per heavy atom. The average molecular weight is 273 g/mol. The van der Waals surface area contributed by atoms with E-state index in [1.54, 1.807) is 23.9 Å². The summed E-state index contributed by atoms with van der Waals surface area (Å²) >= 11 is 1.70. The van der Waals surface area contributed by atoms with E-state index < -0.39 is 6.09 Å². The van der Waals surface area contributed by atoms with Crippen molar-refractivity contribution in [2.75, 3.05) is 12.3 Å². The van der Waals surface area contributed by atoms with Crippen molar-refractivity contribution in [1.29, 1.82) is 0 Å². The first-order valence-corrected chi connectivity index (χ1v) is 7.02. The highest BCUT2D eigenvalue weighted by Gasteiger charge is 2.02. The summed E-state index contributed by atoms with van der Waals surface area (Å²) < 4.78 is 5.11. The second kappa shape index (κ2) is 7.48. The van der Waals surface area contributed by atoms with Crippen LogP contribution in [0, 0.1) is 0 Å². The highest BCUT2D eigenvalue weighted by molar-refractivity contribution is 7.99. The van der Waals surface area contributed by atoms with E-state index in [4.69, 9.17) is 4.74 Å². The van der Waals surface area contributed by atoms with Crippen LogP contribution < -0.4 is 10.1 Å². The molecule has 1 N–H and O–H groups in total. The van der Waals surface area contributed by atoms with Crippen molar-refractivity contribution in [2.45, 2.75) is 4.90 Å². The molecule has 98 valence electrons. The number of para-hydroxylation sites is 1. The molecular weight excluding hydrogens is 258 g/mol. The summed E-state index contributed by atoms with van der Waals surface area (Å²) in [6.45, 7) is 0.575. The fourth-order valence-electron chi connectivity index (χ4n) is 1.47. The number of benzene rings is 2. The minimum atomic E-state index is -0.417. The number of rotatable bonds is 5. The van der Waals surface area contributed by atoms with E-state index in [1.807, 2.05) is 48.5 Å². The Kier molecular flexibility index (Phi) is 5.31. The van der Waals surface area contributed by atoms with Gasteiger partial charge in [-0.2, -0.15) is 0 Å². The van der Waals surface area contributed by atoms with Gasteiger partial charge >= 0.3 is 6.09 Å². The summed E-state index contributed by atoms with van der Waals surface area (Å²) in [5, 5.41) is 2.72. The highest BCUT2D eigenvalue weighted by Crippen LogP contribution is 2.15. The van der Waals surface area contributed by atoms with Gasteiger partial charge in [0.2, 0.25) is 0 Å². The number of carbonyl (C=O) groups excluding carboxylic acids is 1. The number of amides is 1. The van der Waals surface area contributed by atoms with Gasteiger partial charge in [0.05, 0.1) is 0 Å². The molecule has 2 aromatic rings. The first-order valence-electron chi connectivity index (χ1n) is 6.03. The number of carbonyl (C=O) groups is 1. The van der Waals surface area contributed by atoms with Gasteiger partial charge in [-0.25, -0.2) is 4.79 Å². The molecule has 0 aliphatic rings. The summed E-state index contributed by atoms with van der Waals surface area (Å²) in [5.41, 5.74) is 0. The van der Waals surface area contributed by atoms with Crippen molar-refractivity contribution in [2.24, 2.45) is 0 Å². The predicted molar refractivity (Wildman–Crippen MR) is 77.6 cm³/mol. The van der Waals surface area contributed by atoms with Crippen LogP contribution in [0.3, 0.4) is 0 Å². The minimum absolute atomic E-state index is 0.417. The fraction of sp³-hybridized carbons (Fsp3) is 0.133. The molecule has 0 atom stereocenters. The van der Waals surface area contributed by atoms with Crippen molar-refractivity contribution < 1.29 is 9.53 Å². The molecule has 0 radical (unpaired) electrons. The molecule has 0 fully saturated rings. The first kappa shape index (κ1) is 13.5. The van der Waals surface area contributed by atoms with E-state index in [9.17, 15) is 4.79 Å². The summed E-state index contributed by atoms with van der Waals surface area (Å²) in [4.78, 5) is 12.7. The van der Waals surface area contributed by atoms with E-state index in [1.165, 1.54) is 4.90 Å². The zero-order chi connectivity index (χ0) is 13.3. The standard InChI is InChI=1S/C15H15NO2S/c17-15(18-13-7-3-1-4-8-13)16-11-12-19-14-9-5-2-6-10-14/h1-10H,11-12H2,(H,16,17). The van der Waals surface area contributed by atoms with Crippen molar-refractivity contribution in [3.8, 4) is 5.75 Å². The third-order valence-electron chi connectivity index (χ3n) is 2.34. The zero-order valence-corrected chi connectivity index (χ0v) is 11.2. The molecule has 2 rings (SSSR count). The van der Waals surface area contributed by atoms with Gasteiger partial charge in [-0.3, -0.25) is 0 Å². The Labute approximate surface area is 117 Å². The van der Waals surface area contributed by atoms with Gasteiger partial charge in [0.15, 0.2) is 0 Å². The lowest BCUT2D eigenvalue weighted by Crippen LogP contribution is -2.28. The smallest absolute Gasteiger partial charge is 0.410 e. The molecular formula is C15H15NO2S. The van der Waals surface area contributed by atoms with Gasteiger partial charge < -0.3 is 10.1 Å². The van der Waals surface area contributed by atoms with Gasteiger partial charge in [0.1, 0.15) is 5.75 Å². The normalized spacial score (nSPS) is 9.89. The molecule has 0 heterocycles. The number of hydrogen-bond acceptors (Lipinski definition) is 3. The molecule has 0 aliphatic heterocycles. The van der Waals surface area contributed by atoms with Crippen LogP contribution in [-0.4, -0.2) is 18.4 Å². The second-order valence-electron chi connectivity index (χ2n) is 3.79. The molecule has 0 aromatic heterocycles. The zero-order valence-electron chi connectivity index (χ0n) is 10.4. The van der Waals surface area contributed by atoms with Crippen LogP contribution in [0.25, 0.3) is 0 Å². The van der Waals surface area contributed by atoms with Gasteiger partial charge in [-0.05, 0) is 24.3 Å². The van der Waals surface area contributed by atoms with Crippen molar-refractivity contribution in [1.82, 2.24) is 5.32 Å². The molecule has 1 amide bonds. The topological polar surface area (TPSA) is 38.3 Å². The Hall–Kier alpha value is -1.94. The molecule has 0 aliphatic carbocycles. The van der Waals surface area contributed by atoms with Gasteiger partial charge in [0.25, 0.3) is 0 Å². The lowest BCUT2D eigenvalue weighted by molar-refractivity contribution is 0.201. The highest BCUT2D eigenvalue weighted by atomic mass is 32.2. The summed E-state index contributed by atoms with van der Waals surface area (Å²) in [5.74, 6) is 1.36. The van der Waals surface area contributed by atoms with Gasteiger partial charge in [0, 0.05) is 17.2 Å². The Bertz CT molecular complexity index is 502. The second-order valence-corrected chi connectivity index (χ2v) is 4.96. The number of hydrogen-bond donors (Lipinski definition) is 1.